The molecule has 5 heteroatoms. The Kier molecular flexibility index (Phi) is 9.16. The number of epoxide rings is 1. The van der Waals surface area contributed by atoms with Crippen molar-refractivity contribution < 1.29 is 14.3 Å². The zero-order valence-corrected chi connectivity index (χ0v) is 14.2. The van der Waals surface area contributed by atoms with Gasteiger partial charge >= 0.3 is 0 Å². The Bertz CT molecular complexity index is 543. The third-order valence-corrected chi connectivity index (χ3v) is 3.34. The van der Waals surface area contributed by atoms with Crippen LogP contribution in [0.1, 0.15) is 19.8 Å². The van der Waals surface area contributed by atoms with E-state index in [4.69, 9.17) is 4.74 Å². The van der Waals surface area contributed by atoms with Crippen LogP contribution in [0.3, 0.4) is 0 Å². The first-order chi connectivity index (χ1) is 11.6. The summed E-state index contributed by atoms with van der Waals surface area (Å²) >= 11 is 0. The molecule has 0 aromatic carbocycles. The van der Waals surface area contributed by atoms with Gasteiger partial charge in [0.15, 0.2) is 6.10 Å². The van der Waals surface area contributed by atoms with Crippen molar-refractivity contribution >= 4 is 11.8 Å². The number of rotatable bonds is 11. The molecule has 1 rings (SSSR count). The summed E-state index contributed by atoms with van der Waals surface area (Å²) in [7, 11) is 0. The molecule has 0 radical (unpaired) electrons. The van der Waals surface area contributed by atoms with Gasteiger partial charge in [-0.05, 0) is 12.0 Å². The van der Waals surface area contributed by atoms with Crippen molar-refractivity contribution in [2.24, 2.45) is 0 Å². The van der Waals surface area contributed by atoms with Crippen molar-refractivity contribution in [3.8, 4) is 0 Å². The van der Waals surface area contributed by atoms with E-state index in [2.05, 4.69) is 23.8 Å². The number of amides is 2. The molecular weight excluding hydrogens is 304 g/mol. The number of hydrogen-bond donors (Lipinski definition) is 2. The van der Waals surface area contributed by atoms with Gasteiger partial charge in [-0.25, -0.2) is 0 Å². The molecule has 1 saturated heterocycles. The largest absolute Gasteiger partial charge is 0.363 e. The average molecular weight is 330 g/mol. The van der Waals surface area contributed by atoms with E-state index >= 15 is 0 Å². The minimum Gasteiger partial charge on any atom is -0.363 e. The van der Waals surface area contributed by atoms with Gasteiger partial charge in [0.2, 0.25) is 5.91 Å². The Balaban J connectivity index is 2.51. The van der Waals surface area contributed by atoms with Crippen molar-refractivity contribution in [1.29, 1.82) is 0 Å². The Labute approximate surface area is 143 Å². The molecule has 2 atom stereocenters. The van der Waals surface area contributed by atoms with Gasteiger partial charge in [0.1, 0.15) is 6.04 Å². The normalized spacial score (nSPS) is 18.4. The van der Waals surface area contributed by atoms with Crippen LogP contribution >= 0.6 is 0 Å². The zero-order valence-electron chi connectivity index (χ0n) is 14.2. The SMILES string of the molecule is C=C\C=C/C=C/C=C(\C=C)CNC(=O)[C@H](CCC)NC(=O)C1CO1. The van der Waals surface area contributed by atoms with E-state index in [9.17, 15) is 9.59 Å². The molecule has 1 heterocycles. The third-order valence-electron chi connectivity index (χ3n) is 3.34. The fourth-order valence-electron chi connectivity index (χ4n) is 1.92. The Morgan fingerprint density at radius 1 is 1.25 bits per heavy atom. The third kappa shape index (κ3) is 7.74. The molecule has 2 N–H and O–H groups in total. The number of hydrogen-bond acceptors (Lipinski definition) is 3. The number of allylic oxidation sites excluding steroid dienone is 6. The zero-order chi connectivity index (χ0) is 17.8. The summed E-state index contributed by atoms with van der Waals surface area (Å²) in [5.41, 5.74) is 0.874. The fourth-order valence-corrected chi connectivity index (χ4v) is 1.92. The Morgan fingerprint density at radius 2 is 1.96 bits per heavy atom. The minimum atomic E-state index is -0.538. The summed E-state index contributed by atoms with van der Waals surface area (Å²) in [6, 6.07) is -0.538. The second kappa shape index (κ2) is 11.2. The van der Waals surface area contributed by atoms with Crippen LogP contribution in [0.15, 0.2) is 61.3 Å². The molecule has 1 aliphatic rings. The van der Waals surface area contributed by atoms with Gasteiger partial charge in [-0.15, -0.1) is 0 Å². The lowest BCUT2D eigenvalue weighted by molar-refractivity contribution is -0.129. The number of carbonyl (C=O) groups excluding carboxylic acids is 2. The maximum Gasteiger partial charge on any atom is 0.252 e. The molecule has 0 aliphatic carbocycles. The Hall–Kier alpha value is -2.40. The molecular formula is C19H26N2O3. The summed E-state index contributed by atoms with van der Waals surface area (Å²) < 4.78 is 4.93. The van der Waals surface area contributed by atoms with Crippen molar-refractivity contribution in [2.75, 3.05) is 13.2 Å². The summed E-state index contributed by atoms with van der Waals surface area (Å²) in [6.07, 6.45) is 13.6. The van der Waals surface area contributed by atoms with Gasteiger partial charge in [-0.2, -0.15) is 0 Å². The monoisotopic (exact) mass is 330 g/mol. The highest BCUT2D eigenvalue weighted by molar-refractivity contribution is 5.90. The van der Waals surface area contributed by atoms with Gasteiger partial charge in [0.25, 0.3) is 5.91 Å². The van der Waals surface area contributed by atoms with Crippen molar-refractivity contribution in [3.05, 3.63) is 61.3 Å². The van der Waals surface area contributed by atoms with E-state index in [1.807, 2.05) is 37.3 Å². The van der Waals surface area contributed by atoms with Crippen LogP contribution in [0.25, 0.3) is 0 Å². The maximum absolute atomic E-state index is 12.3. The van der Waals surface area contributed by atoms with E-state index in [1.54, 1.807) is 12.2 Å². The van der Waals surface area contributed by atoms with Crippen LogP contribution in [0.5, 0.6) is 0 Å². The van der Waals surface area contributed by atoms with Gasteiger partial charge in [-0.3, -0.25) is 9.59 Å². The standard InChI is InChI=1S/C19H26N2O3/c1-4-7-8-9-10-12-15(6-3)13-20-18(22)16(11-5-2)21-19(23)17-14-24-17/h4,6-10,12,16-17H,1,3,5,11,13-14H2,2H3,(H,20,22)(H,21,23)/b8-7-,10-9+,15-12+/t16-,17?/m0/s1. The van der Waals surface area contributed by atoms with Crippen LogP contribution in [0.2, 0.25) is 0 Å². The van der Waals surface area contributed by atoms with E-state index < -0.39 is 12.1 Å². The summed E-state index contributed by atoms with van der Waals surface area (Å²) in [5, 5.41) is 5.57. The molecule has 0 bridgehead atoms. The van der Waals surface area contributed by atoms with Crippen molar-refractivity contribution in [3.63, 3.8) is 0 Å². The molecule has 24 heavy (non-hydrogen) atoms. The smallest absolute Gasteiger partial charge is 0.252 e. The van der Waals surface area contributed by atoms with Crippen LogP contribution in [-0.2, 0) is 14.3 Å². The first-order valence-electron chi connectivity index (χ1n) is 8.09. The van der Waals surface area contributed by atoms with Crippen LogP contribution < -0.4 is 10.6 Å². The summed E-state index contributed by atoms with van der Waals surface area (Å²) in [5.74, 6) is -0.422. The predicted octanol–water partition coefficient (Wildman–Crippen LogP) is 2.20. The quantitative estimate of drug-likeness (QED) is 0.451. The second-order valence-electron chi connectivity index (χ2n) is 5.34. The summed E-state index contributed by atoms with van der Waals surface area (Å²) in [4.78, 5) is 24.0. The lowest BCUT2D eigenvalue weighted by Gasteiger charge is -2.17. The van der Waals surface area contributed by atoms with Crippen LogP contribution in [0, 0.1) is 0 Å². The molecule has 130 valence electrons. The van der Waals surface area contributed by atoms with Crippen LogP contribution in [0.4, 0.5) is 0 Å². The van der Waals surface area contributed by atoms with Gasteiger partial charge in [0, 0.05) is 6.54 Å². The first kappa shape index (κ1) is 19.6. The van der Waals surface area contributed by atoms with Crippen molar-refractivity contribution in [1.82, 2.24) is 10.6 Å². The number of nitrogens with one attached hydrogen (secondary N) is 2. The average Bonchev–Trinajstić information content (AvgIpc) is 3.41. The van der Waals surface area contributed by atoms with E-state index in [1.165, 1.54) is 0 Å². The minimum absolute atomic E-state index is 0.200. The van der Waals surface area contributed by atoms with Gasteiger partial charge < -0.3 is 15.4 Å². The van der Waals surface area contributed by atoms with E-state index in [-0.39, 0.29) is 11.8 Å². The van der Waals surface area contributed by atoms with E-state index in [0.717, 1.165) is 12.0 Å². The molecule has 0 spiro atoms. The topological polar surface area (TPSA) is 70.7 Å². The van der Waals surface area contributed by atoms with Gasteiger partial charge in [-0.1, -0.05) is 69.0 Å². The Morgan fingerprint density at radius 3 is 2.54 bits per heavy atom. The number of ether oxygens (including phenoxy) is 1. The van der Waals surface area contributed by atoms with Crippen molar-refractivity contribution in [2.45, 2.75) is 31.9 Å². The second-order valence-corrected chi connectivity index (χ2v) is 5.34. The molecule has 1 aliphatic heterocycles. The lowest BCUT2D eigenvalue weighted by Crippen LogP contribution is -2.48. The predicted molar refractivity (Wildman–Crippen MR) is 96.3 cm³/mol. The number of carbonyl (C=O) groups is 2. The molecule has 0 aromatic heterocycles. The van der Waals surface area contributed by atoms with E-state index in [0.29, 0.717) is 19.6 Å². The highest BCUT2D eigenvalue weighted by Gasteiger charge is 2.33. The summed E-state index contributed by atoms with van der Waals surface area (Å²) in [6.45, 7) is 10.1. The molecule has 5 nitrogen and oxygen atoms in total. The molecule has 1 fully saturated rings. The molecule has 0 saturated carbocycles. The molecule has 1 unspecified atom stereocenters. The van der Waals surface area contributed by atoms with Gasteiger partial charge in [0.05, 0.1) is 6.61 Å². The molecule has 0 aromatic rings. The first-order valence-corrected chi connectivity index (χ1v) is 8.09. The lowest BCUT2D eigenvalue weighted by atomic mass is 10.1. The maximum atomic E-state index is 12.3. The fraction of sp³-hybridized carbons (Fsp3) is 0.368. The highest BCUT2D eigenvalue weighted by Crippen LogP contribution is 2.09. The highest BCUT2D eigenvalue weighted by atomic mass is 16.6. The van der Waals surface area contributed by atoms with Crippen LogP contribution in [-0.4, -0.2) is 37.1 Å². The molecule has 2 amide bonds.